The zero-order chi connectivity index (χ0) is 14.0. The standard InChI is InChI=1S/C12H13N3O3S/c1-9(16)10-4-3-5-11(6-10)14-19(17,18)12-7-13-15(2)8-12/h3-8,14H,1-2H3. The molecule has 0 saturated heterocycles. The molecule has 1 aromatic heterocycles. The summed E-state index contributed by atoms with van der Waals surface area (Å²) in [5, 5.41) is 3.81. The summed E-state index contributed by atoms with van der Waals surface area (Å²) >= 11 is 0. The number of carbonyl (C=O) groups is 1. The number of ketones is 1. The molecule has 0 atom stereocenters. The molecule has 0 aliphatic rings. The fourth-order valence-electron chi connectivity index (χ4n) is 1.55. The Balaban J connectivity index is 2.30. The molecule has 0 aliphatic carbocycles. The molecule has 6 nitrogen and oxygen atoms in total. The van der Waals surface area contributed by atoms with Gasteiger partial charge in [-0.25, -0.2) is 8.42 Å². The van der Waals surface area contributed by atoms with Gasteiger partial charge in [0.15, 0.2) is 5.78 Å². The predicted molar refractivity (Wildman–Crippen MR) is 70.5 cm³/mol. The number of nitrogens with one attached hydrogen (secondary N) is 1. The average Bonchev–Trinajstić information content (AvgIpc) is 2.76. The Morgan fingerprint density at radius 3 is 2.68 bits per heavy atom. The summed E-state index contributed by atoms with van der Waals surface area (Å²) in [5.74, 6) is -0.123. The van der Waals surface area contributed by atoms with E-state index in [-0.39, 0.29) is 10.7 Å². The Kier molecular flexibility index (Phi) is 3.39. The van der Waals surface area contributed by atoms with Crippen molar-refractivity contribution < 1.29 is 13.2 Å². The van der Waals surface area contributed by atoms with E-state index in [2.05, 4.69) is 9.82 Å². The lowest BCUT2D eigenvalue weighted by molar-refractivity contribution is 0.101. The zero-order valence-electron chi connectivity index (χ0n) is 10.5. The molecule has 0 radical (unpaired) electrons. The first-order valence-corrected chi connectivity index (χ1v) is 6.99. The van der Waals surface area contributed by atoms with Crippen LogP contribution in [0.15, 0.2) is 41.6 Å². The number of rotatable bonds is 4. The van der Waals surface area contributed by atoms with E-state index in [1.165, 1.54) is 30.1 Å². The molecule has 100 valence electrons. The summed E-state index contributed by atoms with van der Waals surface area (Å²) in [4.78, 5) is 11.3. The van der Waals surface area contributed by atoms with Crippen LogP contribution in [0, 0.1) is 0 Å². The highest BCUT2D eigenvalue weighted by molar-refractivity contribution is 7.92. The van der Waals surface area contributed by atoms with E-state index < -0.39 is 10.0 Å². The smallest absolute Gasteiger partial charge is 0.265 e. The van der Waals surface area contributed by atoms with Gasteiger partial charge in [-0.1, -0.05) is 12.1 Å². The highest BCUT2D eigenvalue weighted by Crippen LogP contribution is 2.16. The molecule has 19 heavy (non-hydrogen) atoms. The number of hydrogen-bond acceptors (Lipinski definition) is 4. The van der Waals surface area contributed by atoms with Crippen molar-refractivity contribution in [3.63, 3.8) is 0 Å². The van der Waals surface area contributed by atoms with Gasteiger partial charge in [0.1, 0.15) is 4.90 Å². The Labute approximate surface area is 111 Å². The summed E-state index contributed by atoms with van der Waals surface area (Å²) < 4.78 is 27.9. The minimum absolute atomic E-state index is 0.0724. The SMILES string of the molecule is CC(=O)c1cccc(NS(=O)(=O)c2cnn(C)c2)c1. The number of carbonyl (C=O) groups excluding carboxylic acids is 1. The van der Waals surface area contributed by atoms with E-state index in [1.54, 1.807) is 25.2 Å². The number of sulfonamides is 1. The van der Waals surface area contributed by atoms with Crippen LogP contribution in [0.1, 0.15) is 17.3 Å². The Bertz CT molecular complexity index is 719. The minimum atomic E-state index is -3.68. The molecular formula is C12H13N3O3S. The fraction of sp³-hybridized carbons (Fsp3) is 0.167. The van der Waals surface area contributed by atoms with Crippen LogP contribution < -0.4 is 4.72 Å². The molecule has 2 aromatic rings. The van der Waals surface area contributed by atoms with Crippen molar-refractivity contribution in [1.82, 2.24) is 9.78 Å². The molecule has 0 fully saturated rings. The number of nitrogens with zero attached hydrogens (tertiary/aromatic N) is 2. The van der Waals surface area contributed by atoms with Crippen LogP contribution >= 0.6 is 0 Å². The second-order valence-electron chi connectivity index (χ2n) is 4.09. The van der Waals surface area contributed by atoms with Gasteiger partial charge in [0.25, 0.3) is 10.0 Å². The number of Topliss-reactive ketones (excluding diaryl/α,β-unsaturated/α-hetero) is 1. The van der Waals surface area contributed by atoms with Crippen molar-refractivity contribution in [3.05, 3.63) is 42.2 Å². The summed E-state index contributed by atoms with van der Waals surface area (Å²) in [7, 11) is -2.05. The molecule has 1 aromatic carbocycles. The third-order valence-corrected chi connectivity index (χ3v) is 3.85. The van der Waals surface area contributed by atoms with E-state index in [9.17, 15) is 13.2 Å². The normalized spacial score (nSPS) is 11.3. The second-order valence-corrected chi connectivity index (χ2v) is 5.77. The van der Waals surface area contributed by atoms with Crippen molar-refractivity contribution in [1.29, 1.82) is 0 Å². The fourth-order valence-corrected chi connectivity index (χ4v) is 2.59. The molecule has 0 unspecified atom stereocenters. The Hall–Kier alpha value is -2.15. The third-order valence-electron chi connectivity index (χ3n) is 2.51. The highest BCUT2D eigenvalue weighted by atomic mass is 32.2. The summed E-state index contributed by atoms with van der Waals surface area (Å²) in [6.07, 6.45) is 2.66. The molecule has 1 heterocycles. The van der Waals surface area contributed by atoms with E-state index >= 15 is 0 Å². The number of aryl methyl sites for hydroxylation is 1. The number of aromatic nitrogens is 2. The molecular weight excluding hydrogens is 266 g/mol. The van der Waals surface area contributed by atoms with Crippen LogP contribution in [0.3, 0.4) is 0 Å². The Morgan fingerprint density at radius 2 is 2.11 bits per heavy atom. The van der Waals surface area contributed by atoms with Gasteiger partial charge in [-0.15, -0.1) is 0 Å². The van der Waals surface area contributed by atoms with Gasteiger partial charge in [-0.2, -0.15) is 5.10 Å². The van der Waals surface area contributed by atoms with E-state index in [0.717, 1.165) is 0 Å². The summed E-state index contributed by atoms with van der Waals surface area (Å²) in [5.41, 5.74) is 0.794. The largest absolute Gasteiger partial charge is 0.295 e. The van der Waals surface area contributed by atoms with Gasteiger partial charge in [-0.3, -0.25) is 14.2 Å². The van der Waals surface area contributed by atoms with Crippen LogP contribution in [0.25, 0.3) is 0 Å². The first-order valence-electron chi connectivity index (χ1n) is 5.51. The van der Waals surface area contributed by atoms with Crippen molar-refractivity contribution in [3.8, 4) is 0 Å². The molecule has 2 rings (SSSR count). The van der Waals surface area contributed by atoms with Gasteiger partial charge in [-0.05, 0) is 19.1 Å². The molecule has 1 N–H and O–H groups in total. The van der Waals surface area contributed by atoms with Gasteiger partial charge in [0.05, 0.1) is 6.20 Å². The number of benzene rings is 1. The number of hydrogen-bond donors (Lipinski definition) is 1. The van der Waals surface area contributed by atoms with Gasteiger partial charge < -0.3 is 0 Å². The molecule has 0 bridgehead atoms. The van der Waals surface area contributed by atoms with Crippen molar-refractivity contribution >= 4 is 21.5 Å². The summed E-state index contributed by atoms with van der Waals surface area (Å²) in [6, 6.07) is 6.33. The average molecular weight is 279 g/mol. The van der Waals surface area contributed by atoms with Gasteiger partial charge in [0.2, 0.25) is 0 Å². The third kappa shape index (κ3) is 3.00. The van der Waals surface area contributed by atoms with Gasteiger partial charge >= 0.3 is 0 Å². The molecule has 7 heteroatoms. The second kappa shape index (κ2) is 4.85. The van der Waals surface area contributed by atoms with E-state index in [1.807, 2.05) is 0 Å². The van der Waals surface area contributed by atoms with E-state index in [0.29, 0.717) is 11.3 Å². The predicted octanol–water partition coefficient (Wildman–Crippen LogP) is 1.42. The van der Waals surface area contributed by atoms with Crippen LogP contribution in [0.4, 0.5) is 5.69 Å². The van der Waals surface area contributed by atoms with E-state index in [4.69, 9.17) is 0 Å². The maximum absolute atomic E-state index is 12.0. The first kappa shape index (κ1) is 13.3. The topological polar surface area (TPSA) is 81.1 Å². The first-order chi connectivity index (χ1) is 8.88. The zero-order valence-corrected chi connectivity index (χ0v) is 11.3. The lowest BCUT2D eigenvalue weighted by Gasteiger charge is -2.06. The molecule has 0 amide bonds. The van der Waals surface area contributed by atoms with Crippen LogP contribution in [-0.2, 0) is 17.1 Å². The maximum atomic E-state index is 12.0. The summed E-state index contributed by atoms with van der Waals surface area (Å²) in [6.45, 7) is 1.43. The monoisotopic (exact) mass is 279 g/mol. The molecule has 0 aliphatic heterocycles. The van der Waals surface area contributed by atoms with Crippen molar-refractivity contribution in [2.24, 2.45) is 7.05 Å². The molecule has 0 spiro atoms. The quantitative estimate of drug-likeness (QED) is 0.858. The maximum Gasteiger partial charge on any atom is 0.265 e. The van der Waals surface area contributed by atoms with Crippen molar-refractivity contribution in [2.75, 3.05) is 4.72 Å². The Morgan fingerprint density at radius 1 is 1.37 bits per heavy atom. The molecule has 0 saturated carbocycles. The number of anilines is 1. The van der Waals surface area contributed by atoms with Crippen LogP contribution in [-0.4, -0.2) is 24.0 Å². The highest BCUT2D eigenvalue weighted by Gasteiger charge is 2.16. The lowest BCUT2D eigenvalue weighted by Crippen LogP contribution is -2.12. The van der Waals surface area contributed by atoms with Crippen molar-refractivity contribution in [2.45, 2.75) is 11.8 Å². The minimum Gasteiger partial charge on any atom is -0.295 e. The van der Waals surface area contributed by atoms with Crippen LogP contribution in [0.5, 0.6) is 0 Å². The lowest BCUT2D eigenvalue weighted by atomic mass is 10.1. The van der Waals surface area contributed by atoms with Crippen LogP contribution in [0.2, 0.25) is 0 Å². The van der Waals surface area contributed by atoms with Gasteiger partial charge in [0, 0.05) is 24.5 Å².